The van der Waals surface area contributed by atoms with Crippen molar-refractivity contribution in [1.82, 2.24) is 0 Å². The van der Waals surface area contributed by atoms with Crippen molar-refractivity contribution in [3.8, 4) is 11.5 Å². The van der Waals surface area contributed by atoms with Crippen molar-refractivity contribution in [3.05, 3.63) is 118 Å². The molecular weight excluding hydrogens is 536 g/mol. The highest BCUT2D eigenvalue weighted by atomic mass is 79.9. The number of ether oxygens (including phenoxy) is 2. The lowest BCUT2D eigenvalue weighted by molar-refractivity contribution is -0.157. The Morgan fingerprint density at radius 3 is 2.11 bits per heavy atom. The van der Waals surface area contributed by atoms with Crippen LogP contribution in [0.15, 0.2) is 96.0 Å². The van der Waals surface area contributed by atoms with Crippen LogP contribution >= 0.6 is 15.9 Å². The first-order valence-corrected chi connectivity index (χ1v) is 12.5. The highest BCUT2D eigenvalue weighted by molar-refractivity contribution is 9.10. The highest BCUT2D eigenvalue weighted by Crippen LogP contribution is 2.60. The van der Waals surface area contributed by atoms with E-state index in [1.165, 1.54) is 0 Å². The van der Waals surface area contributed by atoms with Crippen molar-refractivity contribution in [2.75, 3.05) is 0 Å². The Morgan fingerprint density at radius 2 is 1.43 bits per heavy atom. The number of hydrogen-bond donors (Lipinski definition) is 2. The fraction of sp³-hybridized carbons (Fsp3) is 0.133. The van der Waals surface area contributed by atoms with Crippen LogP contribution in [0.5, 0.6) is 11.5 Å². The normalized spacial score (nSPS) is 23.2. The largest absolute Gasteiger partial charge is 0.426 e. The summed E-state index contributed by atoms with van der Waals surface area (Å²) in [6, 6.07) is 22.6. The van der Waals surface area contributed by atoms with Gasteiger partial charge in [-0.2, -0.15) is 0 Å². The van der Waals surface area contributed by atoms with E-state index in [1.807, 2.05) is 0 Å². The second-order valence-electron chi connectivity index (χ2n) is 9.27. The van der Waals surface area contributed by atoms with Crippen LogP contribution in [0.25, 0.3) is 10.8 Å². The van der Waals surface area contributed by atoms with Gasteiger partial charge in [0.1, 0.15) is 22.7 Å². The smallest absolute Gasteiger partial charge is 0.335 e. The minimum Gasteiger partial charge on any atom is -0.426 e. The lowest BCUT2D eigenvalue weighted by Crippen LogP contribution is -2.57. The molecule has 0 fully saturated rings. The first-order valence-electron chi connectivity index (χ1n) is 11.7. The Labute approximate surface area is 220 Å². The average molecular weight is 557 g/mol. The molecule has 0 aliphatic heterocycles. The summed E-state index contributed by atoms with van der Waals surface area (Å²) in [6.45, 7) is 3.42. The molecule has 3 aliphatic carbocycles. The zero-order chi connectivity index (χ0) is 25.9. The van der Waals surface area contributed by atoms with Crippen molar-refractivity contribution >= 4 is 38.6 Å². The van der Waals surface area contributed by atoms with Crippen LogP contribution in [0.4, 0.5) is 0 Å². The van der Waals surface area contributed by atoms with Crippen LogP contribution in [-0.4, -0.2) is 22.2 Å². The van der Waals surface area contributed by atoms with E-state index in [2.05, 4.69) is 22.5 Å². The Morgan fingerprint density at radius 1 is 0.838 bits per heavy atom. The van der Waals surface area contributed by atoms with Crippen molar-refractivity contribution < 1.29 is 29.3 Å². The van der Waals surface area contributed by atoms with Gasteiger partial charge in [0.25, 0.3) is 0 Å². The number of aliphatic hydroxyl groups is 2. The van der Waals surface area contributed by atoms with Gasteiger partial charge in [0.2, 0.25) is 0 Å². The van der Waals surface area contributed by atoms with Gasteiger partial charge in [-0.15, -0.1) is 0 Å². The molecule has 184 valence electrons. The predicted molar refractivity (Wildman–Crippen MR) is 140 cm³/mol. The van der Waals surface area contributed by atoms with E-state index in [9.17, 15) is 19.8 Å². The fourth-order valence-electron chi connectivity index (χ4n) is 5.70. The van der Waals surface area contributed by atoms with Gasteiger partial charge in [0, 0.05) is 27.7 Å². The van der Waals surface area contributed by atoms with Crippen molar-refractivity contribution in [2.45, 2.75) is 17.6 Å². The number of fused-ring (bicyclic) bond motifs is 2. The topological polar surface area (TPSA) is 93.1 Å². The van der Waals surface area contributed by atoms with Gasteiger partial charge < -0.3 is 19.7 Å². The molecule has 0 aromatic heterocycles. The summed E-state index contributed by atoms with van der Waals surface area (Å²) in [7, 11) is 0. The summed E-state index contributed by atoms with van der Waals surface area (Å²) in [6.07, 6.45) is 1.02. The predicted octanol–water partition coefficient (Wildman–Crippen LogP) is 5.10. The molecule has 2 N–H and O–H groups in total. The van der Waals surface area contributed by atoms with Crippen molar-refractivity contribution in [1.29, 1.82) is 0 Å². The Bertz CT molecular complexity index is 1630. The Balaban J connectivity index is 1.44. The first-order chi connectivity index (χ1) is 17.8. The molecule has 0 heterocycles. The molecule has 0 saturated carbocycles. The Kier molecular flexibility index (Phi) is 5.35. The molecule has 3 unspecified atom stereocenters. The van der Waals surface area contributed by atoms with Gasteiger partial charge in [-0.25, -0.2) is 4.79 Å². The van der Waals surface area contributed by atoms with Crippen LogP contribution in [0.3, 0.4) is 0 Å². The highest BCUT2D eigenvalue weighted by Gasteiger charge is 2.62. The van der Waals surface area contributed by atoms with Gasteiger partial charge in [-0.1, -0.05) is 77.1 Å². The zero-order valence-electron chi connectivity index (χ0n) is 19.5. The molecule has 0 saturated heterocycles. The number of carbonyl (C=O) groups is 2. The number of hydrogen-bond acceptors (Lipinski definition) is 6. The van der Waals surface area contributed by atoms with E-state index in [0.717, 1.165) is 10.5 Å². The Hall–Kier alpha value is -3.78. The van der Waals surface area contributed by atoms with Crippen molar-refractivity contribution in [3.63, 3.8) is 0 Å². The maximum atomic E-state index is 13.7. The average Bonchev–Trinajstić information content (AvgIpc) is 2.91. The maximum absolute atomic E-state index is 13.7. The molecule has 0 spiro atoms. The molecule has 7 heteroatoms. The fourth-order valence-corrected chi connectivity index (χ4v) is 6.06. The summed E-state index contributed by atoms with van der Waals surface area (Å²) >= 11 is 3.46. The SMILES string of the molecule is C=CC(=O)Oc1ccc(OC(=O)C2CC3(O)c4ccccc4C2(O)c2ccc(Br)cc23)c2ccccc12. The van der Waals surface area contributed by atoms with Gasteiger partial charge in [-0.3, -0.25) is 4.79 Å². The van der Waals surface area contributed by atoms with E-state index in [0.29, 0.717) is 38.8 Å². The number of rotatable bonds is 4. The first kappa shape index (κ1) is 23.6. The third kappa shape index (κ3) is 3.39. The molecule has 3 aliphatic rings. The third-order valence-electron chi connectivity index (χ3n) is 7.34. The van der Waals surface area contributed by atoms with Crippen LogP contribution in [0.2, 0.25) is 0 Å². The number of carbonyl (C=O) groups excluding carboxylic acids is 2. The molecule has 3 atom stereocenters. The molecule has 0 radical (unpaired) electrons. The minimum absolute atomic E-state index is 0.0459. The summed E-state index contributed by atoms with van der Waals surface area (Å²) < 4.78 is 12.0. The van der Waals surface area contributed by atoms with Crippen LogP contribution in [0, 0.1) is 5.92 Å². The van der Waals surface area contributed by atoms with E-state index in [-0.39, 0.29) is 12.2 Å². The standard InChI is InChI=1S/C30H21BrO6/c1-2-27(32)36-25-13-14-26(19-8-4-3-7-18(19)25)37-28(33)24-16-29(34)20-9-5-6-10-21(20)30(24,35)22-12-11-17(31)15-23(22)29/h2-15,24,34-35H,1,16H2. The second-order valence-corrected chi connectivity index (χ2v) is 10.2. The molecule has 7 rings (SSSR count). The van der Waals surface area contributed by atoms with E-state index < -0.39 is 29.1 Å². The molecular formula is C30H21BrO6. The van der Waals surface area contributed by atoms with E-state index in [1.54, 1.807) is 78.9 Å². The summed E-state index contributed by atoms with van der Waals surface area (Å²) in [5.74, 6) is -1.80. The summed E-state index contributed by atoms with van der Waals surface area (Å²) in [5.41, 5.74) is -1.08. The van der Waals surface area contributed by atoms with E-state index in [4.69, 9.17) is 9.47 Å². The molecule has 37 heavy (non-hydrogen) atoms. The molecule has 2 bridgehead atoms. The minimum atomic E-state index is -1.69. The second kappa shape index (κ2) is 8.38. The van der Waals surface area contributed by atoms with Gasteiger partial charge in [-0.05, 0) is 46.5 Å². The third-order valence-corrected chi connectivity index (χ3v) is 7.83. The van der Waals surface area contributed by atoms with Crippen LogP contribution in [0.1, 0.15) is 28.7 Å². The van der Waals surface area contributed by atoms with Crippen molar-refractivity contribution in [2.24, 2.45) is 5.92 Å². The lowest BCUT2D eigenvalue weighted by atomic mass is 9.54. The monoisotopic (exact) mass is 556 g/mol. The molecule has 0 amide bonds. The van der Waals surface area contributed by atoms with Crippen LogP contribution in [-0.2, 0) is 20.8 Å². The summed E-state index contributed by atoms with van der Waals surface area (Å²) in [5, 5.41) is 25.3. The van der Waals surface area contributed by atoms with Gasteiger partial charge in [0.05, 0.1) is 5.92 Å². The van der Waals surface area contributed by atoms with Gasteiger partial charge >= 0.3 is 11.9 Å². The number of benzene rings is 4. The maximum Gasteiger partial charge on any atom is 0.335 e. The lowest BCUT2D eigenvalue weighted by Gasteiger charge is -2.53. The van der Waals surface area contributed by atoms with Crippen LogP contribution < -0.4 is 9.47 Å². The van der Waals surface area contributed by atoms with Gasteiger partial charge in [0.15, 0.2) is 0 Å². The summed E-state index contributed by atoms with van der Waals surface area (Å²) in [4.78, 5) is 25.5. The quantitative estimate of drug-likeness (QED) is 0.206. The molecule has 6 nitrogen and oxygen atoms in total. The zero-order valence-corrected chi connectivity index (χ0v) is 21.1. The number of esters is 2. The number of halogens is 1. The molecule has 4 aromatic carbocycles. The molecule has 4 aromatic rings. The van der Waals surface area contributed by atoms with E-state index >= 15 is 0 Å².